The average Bonchev–Trinajstić information content (AvgIpc) is 3.07. The van der Waals surface area contributed by atoms with Crippen LogP contribution in [0.5, 0.6) is 0 Å². The number of amides is 2. The Hall–Kier alpha value is -3.35. The molecule has 0 fully saturated rings. The number of carbonyl (C=O) groups is 3. The number of ether oxygens (including phenoxy) is 1. The number of carboxylic acids is 1. The highest BCUT2D eigenvalue weighted by Gasteiger charge is 2.32. The van der Waals surface area contributed by atoms with Crippen LogP contribution in [-0.2, 0) is 14.3 Å². The van der Waals surface area contributed by atoms with E-state index in [1.165, 1.54) is 0 Å². The maximum atomic E-state index is 12.7. The second kappa shape index (κ2) is 9.85. The molecule has 0 saturated heterocycles. The highest BCUT2D eigenvalue weighted by atomic mass is 16.5. The van der Waals surface area contributed by atoms with Crippen molar-refractivity contribution in [3.05, 3.63) is 59.7 Å². The topological polar surface area (TPSA) is 105 Å². The van der Waals surface area contributed by atoms with E-state index in [9.17, 15) is 19.5 Å². The van der Waals surface area contributed by atoms with Crippen LogP contribution in [-0.4, -0.2) is 41.8 Å². The van der Waals surface area contributed by atoms with Crippen LogP contribution in [0.2, 0.25) is 0 Å². The fraction of sp³-hybridized carbons (Fsp3) is 0.400. The van der Waals surface area contributed by atoms with Crippen LogP contribution in [0.4, 0.5) is 4.79 Å². The number of aliphatic carboxylic acids is 1. The molecule has 0 heterocycles. The Morgan fingerprint density at radius 2 is 1.34 bits per heavy atom. The lowest BCUT2D eigenvalue weighted by Crippen LogP contribution is -2.55. The molecule has 0 aromatic heterocycles. The first kappa shape index (κ1) is 23.3. The van der Waals surface area contributed by atoms with Gasteiger partial charge in [0, 0.05) is 5.92 Å². The first-order valence-electron chi connectivity index (χ1n) is 10.8. The van der Waals surface area contributed by atoms with Crippen LogP contribution in [0.15, 0.2) is 48.5 Å². The summed E-state index contributed by atoms with van der Waals surface area (Å²) < 4.78 is 5.52. The molecule has 7 heteroatoms. The Labute approximate surface area is 188 Å². The maximum Gasteiger partial charge on any atom is 0.407 e. The quantitative estimate of drug-likeness (QED) is 0.582. The molecule has 0 radical (unpaired) electrons. The lowest BCUT2D eigenvalue weighted by molar-refractivity contribution is -0.143. The van der Waals surface area contributed by atoms with Crippen LogP contribution in [0.3, 0.4) is 0 Å². The highest BCUT2D eigenvalue weighted by molar-refractivity contribution is 5.89. The zero-order valence-corrected chi connectivity index (χ0v) is 18.8. The van der Waals surface area contributed by atoms with E-state index in [-0.39, 0.29) is 24.4 Å². The molecule has 0 saturated carbocycles. The number of alkyl carbamates (subject to hydrolysis) is 1. The van der Waals surface area contributed by atoms with E-state index in [1.807, 2.05) is 36.4 Å². The van der Waals surface area contributed by atoms with Crippen molar-refractivity contribution in [2.24, 2.45) is 11.8 Å². The number of rotatable bonds is 8. The fourth-order valence-corrected chi connectivity index (χ4v) is 4.06. The van der Waals surface area contributed by atoms with Crippen LogP contribution in [0.25, 0.3) is 11.1 Å². The monoisotopic (exact) mass is 438 g/mol. The zero-order chi connectivity index (χ0) is 23.4. The van der Waals surface area contributed by atoms with Gasteiger partial charge < -0.3 is 20.5 Å². The van der Waals surface area contributed by atoms with Crippen molar-refractivity contribution in [2.75, 3.05) is 6.61 Å². The molecule has 3 rings (SSSR count). The van der Waals surface area contributed by atoms with Gasteiger partial charge in [-0.3, -0.25) is 4.79 Å². The molecule has 1 aliphatic carbocycles. The summed E-state index contributed by atoms with van der Waals surface area (Å²) in [6.45, 7) is 7.11. The summed E-state index contributed by atoms with van der Waals surface area (Å²) in [6, 6.07) is 14.1. The van der Waals surface area contributed by atoms with Crippen molar-refractivity contribution in [2.45, 2.75) is 45.7 Å². The summed E-state index contributed by atoms with van der Waals surface area (Å²) in [5.41, 5.74) is 4.46. The van der Waals surface area contributed by atoms with Gasteiger partial charge in [-0.05, 0) is 34.1 Å². The Balaban J connectivity index is 1.67. The number of hydrogen-bond donors (Lipinski definition) is 3. The molecule has 1 aliphatic rings. The number of nitrogens with one attached hydrogen (secondary N) is 2. The van der Waals surface area contributed by atoms with Crippen LogP contribution >= 0.6 is 0 Å². The van der Waals surface area contributed by atoms with Gasteiger partial charge in [0.15, 0.2) is 0 Å². The van der Waals surface area contributed by atoms with Gasteiger partial charge in [-0.15, -0.1) is 0 Å². The Morgan fingerprint density at radius 3 is 1.81 bits per heavy atom. The van der Waals surface area contributed by atoms with Crippen molar-refractivity contribution in [3.8, 4) is 11.1 Å². The average molecular weight is 439 g/mol. The molecule has 170 valence electrons. The van der Waals surface area contributed by atoms with Crippen molar-refractivity contribution >= 4 is 18.0 Å². The van der Waals surface area contributed by atoms with Crippen molar-refractivity contribution in [3.63, 3.8) is 0 Å². The number of carboxylic acid groups (broad SMARTS) is 1. The molecular formula is C25H30N2O5. The van der Waals surface area contributed by atoms with Crippen LogP contribution < -0.4 is 10.6 Å². The maximum absolute atomic E-state index is 12.7. The molecule has 2 aromatic carbocycles. The normalized spacial score (nSPS) is 14.4. The minimum Gasteiger partial charge on any atom is -0.480 e. The largest absolute Gasteiger partial charge is 0.480 e. The Morgan fingerprint density at radius 1 is 0.844 bits per heavy atom. The van der Waals surface area contributed by atoms with E-state index in [1.54, 1.807) is 27.7 Å². The molecule has 3 N–H and O–H groups in total. The molecule has 2 aromatic rings. The SMILES string of the molecule is CC(C)[C@H](NC(=O)[C@H](NC(=O)OCC1c2ccccc2-c2ccccc21)C(C)C)C(=O)O. The molecule has 7 nitrogen and oxygen atoms in total. The third-order valence-corrected chi connectivity index (χ3v) is 5.80. The summed E-state index contributed by atoms with van der Waals surface area (Å²) in [5, 5.41) is 14.5. The highest BCUT2D eigenvalue weighted by Crippen LogP contribution is 2.44. The van der Waals surface area contributed by atoms with Gasteiger partial charge in [-0.2, -0.15) is 0 Å². The van der Waals surface area contributed by atoms with Gasteiger partial charge in [-0.1, -0.05) is 76.2 Å². The first-order valence-corrected chi connectivity index (χ1v) is 10.8. The lowest BCUT2D eigenvalue weighted by Gasteiger charge is -2.25. The Kier molecular flexibility index (Phi) is 7.18. The number of fused-ring (bicyclic) bond motifs is 3. The van der Waals surface area contributed by atoms with E-state index >= 15 is 0 Å². The Bertz CT molecular complexity index is 956. The number of benzene rings is 2. The zero-order valence-electron chi connectivity index (χ0n) is 18.8. The lowest BCUT2D eigenvalue weighted by atomic mass is 9.98. The molecule has 2 amide bonds. The second-order valence-corrected chi connectivity index (χ2v) is 8.76. The van der Waals surface area contributed by atoms with Gasteiger partial charge in [0.1, 0.15) is 18.7 Å². The third-order valence-electron chi connectivity index (χ3n) is 5.80. The van der Waals surface area contributed by atoms with Gasteiger partial charge in [0.2, 0.25) is 5.91 Å². The summed E-state index contributed by atoms with van der Waals surface area (Å²) in [4.78, 5) is 36.7. The smallest absolute Gasteiger partial charge is 0.407 e. The molecule has 0 aliphatic heterocycles. The molecule has 32 heavy (non-hydrogen) atoms. The summed E-state index contributed by atoms with van der Waals surface area (Å²) >= 11 is 0. The van der Waals surface area contributed by atoms with E-state index in [4.69, 9.17) is 4.74 Å². The molecule has 0 spiro atoms. The summed E-state index contributed by atoms with van der Waals surface area (Å²) in [5.74, 6) is -2.29. The fourth-order valence-electron chi connectivity index (χ4n) is 4.06. The van der Waals surface area contributed by atoms with Gasteiger partial charge >= 0.3 is 12.1 Å². The van der Waals surface area contributed by atoms with E-state index in [2.05, 4.69) is 22.8 Å². The van der Waals surface area contributed by atoms with E-state index in [0.717, 1.165) is 22.3 Å². The van der Waals surface area contributed by atoms with E-state index < -0.39 is 30.1 Å². The number of hydrogen-bond acceptors (Lipinski definition) is 4. The van der Waals surface area contributed by atoms with Crippen LogP contribution in [0.1, 0.15) is 44.7 Å². The van der Waals surface area contributed by atoms with Crippen molar-refractivity contribution < 1.29 is 24.2 Å². The predicted octanol–water partition coefficient (Wildman–Crippen LogP) is 3.78. The van der Waals surface area contributed by atoms with Gasteiger partial charge in [-0.25, -0.2) is 9.59 Å². The van der Waals surface area contributed by atoms with E-state index in [0.29, 0.717) is 0 Å². The number of carbonyl (C=O) groups excluding carboxylic acids is 2. The molecule has 0 bridgehead atoms. The standard InChI is InChI=1S/C25H30N2O5/c1-14(2)21(23(28)26-22(15(3)4)24(29)30)27-25(31)32-13-20-18-11-7-5-9-16(18)17-10-6-8-12-19(17)20/h5-12,14-15,20-22H,13H2,1-4H3,(H,26,28)(H,27,31)(H,29,30)/t21-,22+/m1/s1. The molecule has 2 atom stereocenters. The summed E-state index contributed by atoms with van der Waals surface area (Å²) in [7, 11) is 0. The van der Waals surface area contributed by atoms with Crippen molar-refractivity contribution in [1.29, 1.82) is 0 Å². The molecular weight excluding hydrogens is 408 g/mol. The van der Waals surface area contributed by atoms with Crippen molar-refractivity contribution in [1.82, 2.24) is 10.6 Å². The predicted molar refractivity (Wildman–Crippen MR) is 121 cm³/mol. The van der Waals surface area contributed by atoms with Gasteiger partial charge in [0.25, 0.3) is 0 Å². The second-order valence-electron chi connectivity index (χ2n) is 8.76. The first-order chi connectivity index (χ1) is 15.2. The minimum absolute atomic E-state index is 0.0863. The van der Waals surface area contributed by atoms with Gasteiger partial charge in [0.05, 0.1) is 0 Å². The molecule has 0 unspecified atom stereocenters. The third kappa shape index (κ3) is 4.93. The minimum atomic E-state index is -1.11. The summed E-state index contributed by atoms with van der Waals surface area (Å²) in [6.07, 6.45) is -0.711. The van der Waals surface area contributed by atoms with Crippen LogP contribution in [0, 0.1) is 11.8 Å².